The van der Waals surface area contributed by atoms with Crippen LogP contribution >= 0.6 is 0 Å². The van der Waals surface area contributed by atoms with Gasteiger partial charge in [-0.25, -0.2) is 13.8 Å². The zero-order valence-electron chi connectivity index (χ0n) is 13.3. The summed E-state index contributed by atoms with van der Waals surface area (Å²) in [6.45, 7) is 1.50. The van der Waals surface area contributed by atoms with Crippen LogP contribution in [-0.4, -0.2) is 32.4 Å². The second-order valence-electron chi connectivity index (χ2n) is 5.84. The second-order valence-corrected chi connectivity index (χ2v) is 7.83. The molecule has 0 bridgehead atoms. The molecule has 2 aromatic carbocycles. The van der Waals surface area contributed by atoms with E-state index in [2.05, 4.69) is 5.43 Å². The minimum absolute atomic E-state index is 0.0759. The van der Waals surface area contributed by atoms with Crippen LogP contribution in [0.4, 0.5) is 0 Å². The number of hydrazine groups is 1. The maximum absolute atomic E-state index is 12.4. The molecule has 1 fully saturated rings. The van der Waals surface area contributed by atoms with Crippen molar-refractivity contribution in [1.82, 2.24) is 10.4 Å². The summed E-state index contributed by atoms with van der Waals surface area (Å²) in [5.41, 5.74) is 4.31. The van der Waals surface area contributed by atoms with E-state index in [1.165, 1.54) is 0 Å². The van der Waals surface area contributed by atoms with Crippen molar-refractivity contribution in [3.8, 4) is 0 Å². The Balaban J connectivity index is 1.72. The Labute approximate surface area is 142 Å². The number of rotatable bonds is 4. The van der Waals surface area contributed by atoms with E-state index in [-0.39, 0.29) is 11.7 Å². The fraction of sp³-hybridized carbons (Fsp3) is 0.278. The van der Waals surface area contributed by atoms with E-state index in [4.69, 9.17) is 0 Å². The molecule has 3 rings (SSSR count). The highest BCUT2D eigenvalue weighted by Crippen LogP contribution is 2.17. The molecule has 0 saturated carbocycles. The fourth-order valence-corrected chi connectivity index (χ4v) is 4.06. The molecule has 1 aliphatic heterocycles. The van der Waals surface area contributed by atoms with Gasteiger partial charge in [0.2, 0.25) is 0 Å². The summed E-state index contributed by atoms with van der Waals surface area (Å²) in [7, 11) is -3.37. The first-order valence-corrected chi connectivity index (χ1v) is 9.64. The van der Waals surface area contributed by atoms with Crippen LogP contribution < -0.4 is 5.43 Å². The predicted molar refractivity (Wildman–Crippen MR) is 92.0 cm³/mol. The molecule has 1 heterocycles. The Morgan fingerprint density at radius 1 is 1.00 bits per heavy atom. The minimum atomic E-state index is -3.37. The van der Waals surface area contributed by atoms with Crippen molar-refractivity contribution >= 4 is 15.7 Å². The number of carbonyl (C=O) groups excluding carboxylic acids is 1. The summed E-state index contributed by atoms with van der Waals surface area (Å²) in [6.07, 6.45) is 2.06. The number of sulfone groups is 1. The van der Waals surface area contributed by atoms with Gasteiger partial charge in [0, 0.05) is 18.7 Å². The van der Waals surface area contributed by atoms with Crippen LogP contribution in [0.1, 0.15) is 28.8 Å². The standard InChI is InChI=1S/C18H20N2O3S/c21-18(20-13-5-4-12-19-20)16-10-8-15(9-11-16)14-24(22,23)17-6-2-1-3-7-17/h1-3,6-11,19H,4-5,12-14H2. The van der Waals surface area contributed by atoms with Crippen molar-refractivity contribution in [2.75, 3.05) is 13.1 Å². The topological polar surface area (TPSA) is 66.5 Å². The van der Waals surface area contributed by atoms with E-state index in [0.29, 0.717) is 22.6 Å². The molecule has 5 nitrogen and oxygen atoms in total. The van der Waals surface area contributed by atoms with Crippen molar-refractivity contribution in [2.45, 2.75) is 23.5 Å². The summed E-state index contributed by atoms with van der Waals surface area (Å²) in [4.78, 5) is 12.7. The molecule has 1 aliphatic rings. The van der Waals surface area contributed by atoms with Gasteiger partial charge in [0.05, 0.1) is 10.6 Å². The molecule has 0 spiro atoms. The third-order valence-electron chi connectivity index (χ3n) is 4.02. The van der Waals surface area contributed by atoms with Crippen LogP contribution in [0, 0.1) is 0 Å². The SMILES string of the molecule is O=C(c1ccc(CS(=O)(=O)c2ccccc2)cc1)N1CCCCN1. The van der Waals surface area contributed by atoms with Crippen LogP contribution in [0.25, 0.3) is 0 Å². The highest BCUT2D eigenvalue weighted by Gasteiger charge is 2.19. The molecule has 1 N–H and O–H groups in total. The van der Waals surface area contributed by atoms with E-state index in [1.807, 2.05) is 0 Å². The van der Waals surface area contributed by atoms with E-state index in [1.54, 1.807) is 59.6 Å². The van der Waals surface area contributed by atoms with Crippen molar-refractivity contribution in [3.63, 3.8) is 0 Å². The molecule has 1 saturated heterocycles. The third kappa shape index (κ3) is 3.83. The summed E-state index contributed by atoms with van der Waals surface area (Å²) in [5.74, 6) is -0.153. The lowest BCUT2D eigenvalue weighted by Gasteiger charge is -2.27. The van der Waals surface area contributed by atoms with Crippen LogP contribution in [0.15, 0.2) is 59.5 Å². The first-order valence-electron chi connectivity index (χ1n) is 7.98. The summed E-state index contributed by atoms with van der Waals surface area (Å²) < 4.78 is 24.8. The van der Waals surface area contributed by atoms with Gasteiger partial charge in [0.1, 0.15) is 0 Å². The number of amides is 1. The lowest BCUT2D eigenvalue weighted by Crippen LogP contribution is -2.46. The highest BCUT2D eigenvalue weighted by atomic mass is 32.2. The average molecular weight is 344 g/mol. The Morgan fingerprint density at radius 3 is 2.33 bits per heavy atom. The van der Waals surface area contributed by atoms with E-state index in [0.717, 1.165) is 19.4 Å². The van der Waals surface area contributed by atoms with Crippen LogP contribution in [-0.2, 0) is 15.6 Å². The second kappa shape index (κ2) is 7.15. The Bertz CT molecular complexity index is 796. The average Bonchev–Trinajstić information content (AvgIpc) is 2.63. The number of hydrogen-bond donors (Lipinski definition) is 1. The maximum Gasteiger partial charge on any atom is 0.267 e. The number of hydrogen-bond acceptors (Lipinski definition) is 4. The minimum Gasteiger partial charge on any atom is -0.274 e. The monoisotopic (exact) mass is 344 g/mol. The van der Waals surface area contributed by atoms with Gasteiger partial charge in [0.15, 0.2) is 9.84 Å². The zero-order valence-corrected chi connectivity index (χ0v) is 14.1. The van der Waals surface area contributed by atoms with Crippen LogP contribution in [0.2, 0.25) is 0 Å². The number of carbonyl (C=O) groups is 1. The fourth-order valence-electron chi connectivity index (χ4n) is 2.69. The Kier molecular flexibility index (Phi) is 4.97. The molecule has 0 atom stereocenters. The van der Waals surface area contributed by atoms with Gasteiger partial charge < -0.3 is 0 Å². The van der Waals surface area contributed by atoms with Gasteiger partial charge in [-0.1, -0.05) is 30.3 Å². The quantitative estimate of drug-likeness (QED) is 0.925. The Morgan fingerprint density at radius 2 is 1.71 bits per heavy atom. The molecule has 126 valence electrons. The van der Waals surface area contributed by atoms with E-state index >= 15 is 0 Å². The van der Waals surface area contributed by atoms with Crippen molar-refractivity contribution in [1.29, 1.82) is 0 Å². The highest BCUT2D eigenvalue weighted by molar-refractivity contribution is 7.90. The molecule has 0 aromatic heterocycles. The van der Waals surface area contributed by atoms with Gasteiger partial charge in [-0.3, -0.25) is 9.80 Å². The molecule has 1 amide bonds. The van der Waals surface area contributed by atoms with Gasteiger partial charge >= 0.3 is 0 Å². The predicted octanol–water partition coefficient (Wildman–Crippen LogP) is 2.40. The van der Waals surface area contributed by atoms with Crippen molar-refractivity contribution in [3.05, 3.63) is 65.7 Å². The van der Waals surface area contributed by atoms with Gasteiger partial charge in [0.25, 0.3) is 5.91 Å². The lowest BCUT2D eigenvalue weighted by atomic mass is 10.1. The van der Waals surface area contributed by atoms with Crippen molar-refractivity contribution < 1.29 is 13.2 Å². The van der Waals surface area contributed by atoms with E-state index in [9.17, 15) is 13.2 Å². The molecular formula is C18H20N2O3S. The van der Waals surface area contributed by atoms with Gasteiger partial charge in [-0.2, -0.15) is 0 Å². The largest absolute Gasteiger partial charge is 0.274 e. The van der Waals surface area contributed by atoms with Crippen LogP contribution in [0.5, 0.6) is 0 Å². The third-order valence-corrected chi connectivity index (χ3v) is 5.72. The molecule has 24 heavy (non-hydrogen) atoms. The maximum atomic E-state index is 12.4. The normalized spacial score (nSPS) is 15.2. The first kappa shape index (κ1) is 16.7. The number of benzene rings is 2. The smallest absolute Gasteiger partial charge is 0.267 e. The molecule has 0 radical (unpaired) electrons. The van der Waals surface area contributed by atoms with E-state index < -0.39 is 9.84 Å². The number of nitrogens with zero attached hydrogens (tertiary/aromatic N) is 1. The molecule has 0 aliphatic carbocycles. The number of nitrogens with one attached hydrogen (secondary N) is 1. The summed E-state index contributed by atoms with van der Waals surface area (Å²) in [6, 6.07) is 15.2. The Hall–Kier alpha value is -2.18. The van der Waals surface area contributed by atoms with Crippen molar-refractivity contribution in [2.24, 2.45) is 0 Å². The first-order chi connectivity index (χ1) is 11.6. The summed E-state index contributed by atoms with van der Waals surface area (Å²) >= 11 is 0. The lowest BCUT2D eigenvalue weighted by molar-refractivity contribution is 0.0611. The van der Waals surface area contributed by atoms with Crippen LogP contribution in [0.3, 0.4) is 0 Å². The molecule has 6 heteroatoms. The molecule has 0 unspecified atom stereocenters. The summed E-state index contributed by atoms with van der Waals surface area (Å²) in [5, 5.41) is 1.62. The molecule has 2 aromatic rings. The zero-order chi connectivity index (χ0) is 17.0. The van der Waals surface area contributed by atoms with Gasteiger partial charge in [-0.05, 0) is 42.7 Å². The molecular weight excluding hydrogens is 324 g/mol. The van der Waals surface area contributed by atoms with Gasteiger partial charge in [-0.15, -0.1) is 0 Å².